The van der Waals surface area contributed by atoms with Crippen molar-refractivity contribution in [1.29, 1.82) is 0 Å². The number of benzene rings is 3. The molecule has 1 aliphatic heterocycles. The Bertz CT molecular complexity index is 1510. The fourth-order valence-electron chi connectivity index (χ4n) is 4.53. The minimum absolute atomic E-state index is 0.0585. The highest BCUT2D eigenvalue weighted by molar-refractivity contribution is 9.10. The van der Waals surface area contributed by atoms with Crippen molar-refractivity contribution in [3.05, 3.63) is 97.8 Å². The molecule has 0 N–H and O–H groups in total. The zero-order valence-corrected chi connectivity index (χ0v) is 21.2. The van der Waals surface area contributed by atoms with Crippen molar-refractivity contribution in [1.82, 2.24) is 0 Å². The third kappa shape index (κ3) is 4.00. The second-order valence-corrected chi connectivity index (χ2v) is 9.22. The van der Waals surface area contributed by atoms with Crippen LogP contribution in [-0.4, -0.2) is 19.1 Å². The molecule has 5 rings (SSSR count). The Balaban J connectivity index is 1.79. The summed E-state index contributed by atoms with van der Waals surface area (Å²) in [4.78, 5) is 29.2. The second-order valence-electron chi connectivity index (χ2n) is 8.30. The normalized spacial score (nSPS) is 14.9. The SMILES string of the molecule is CCOc1ccc(C2c3c(oc4ccc(C)cc4c3=O)C(=O)N2c2cccc(Br)c2)cc1OCC. The number of fused-ring (bicyclic) bond motifs is 2. The molecule has 0 radical (unpaired) electrons. The van der Waals surface area contributed by atoms with Crippen molar-refractivity contribution in [2.45, 2.75) is 26.8 Å². The van der Waals surface area contributed by atoms with Gasteiger partial charge in [0.2, 0.25) is 5.76 Å². The van der Waals surface area contributed by atoms with Gasteiger partial charge in [-0.25, -0.2) is 0 Å². The molecule has 0 aliphatic carbocycles. The fourth-order valence-corrected chi connectivity index (χ4v) is 4.92. The minimum atomic E-state index is -0.692. The molecule has 4 aromatic rings. The van der Waals surface area contributed by atoms with E-state index < -0.39 is 6.04 Å². The number of hydrogen-bond donors (Lipinski definition) is 0. The molecule has 1 atom stereocenters. The lowest BCUT2D eigenvalue weighted by Gasteiger charge is -2.26. The molecule has 3 aromatic carbocycles. The van der Waals surface area contributed by atoms with E-state index >= 15 is 0 Å². The Morgan fingerprint density at radius 2 is 1.71 bits per heavy atom. The number of carbonyl (C=O) groups is 1. The van der Waals surface area contributed by atoms with E-state index in [0.717, 1.165) is 15.6 Å². The lowest BCUT2D eigenvalue weighted by molar-refractivity contribution is 0.0971. The molecule has 6 nitrogen and oxygen atoms in total. The Labute approximate surface area is 211 Å². The molecular weight excluding hydrogens is 510 g/mol. The van der Waals surface area contributed by atoms with Gasteiger partial charge in [-0.15, -0.1) is 0 Å². The maximum absolute atomic E-state index is 13.8. The van der Waals surface area contributed by atoms with E-state index in [9.17, 15) is 9.59 Å². The molecule has 35 heavy (non-hydrogen) atoms. The Hall–Kier alpha value is -3.58. The van der Waals surface area contributed by atoms with Crippen LogP contribution in [0.3, 0.4) is 0 Å². The first-order chi connectivity index (χ1) is 16.9. The zero-order valence-electron chi connectivity index (χ0n) is 19.6. The van der Waals surface area contributed by atoms with Gasteiger partial charge in [0, 0.05) is 10.2 Å². The van der Waals surface area contributed by atoms with Crippen LogP contribution in [0.15, 0.2) is 74.3 Å². The first-order valence-corrected chi connectivity index (χ1v) is 12.3. The zero-order chi connectivity index (χ0) is 24.7. The summed E-state index contributed by atoms with van der Waals surface area (Å²) in [6.45, 7) is 6.66. The number of amides is 1. The molecule has 7 heteroatoms. The number of anilines is 1. The average molecular weight is 534 g/mol. The molecule has 0 fully saturated rings. The summed E-state index contributed by atoms with van der Waals surface area (Å²) in [5.74, 6) is 0.860. The molecule has 1 amide bonds. The van der Waals surface area contributed by atoms with Crippen molar-refractivity contribution >= 4 is 38.5 Å². The minimum Gasteiger partial charge on any atom is -0.490 e. The van der Waals surface area contributed by atoms with Crippen LogP contribution >= 0.6 is 15.9 Å². The summed E-state index contributed by atoms with van der Waals surface area (Å²) in [5, 5.41) is 0.452. The van der Waals surface area contributed by atoms with Crippen molar-refractivity contribution in [3.63, 3.8) is 0 Å². The number of halogens is 1. The highest BCUT2D eigenvalue weighted by Gasteiger charge is 2.44. The van der Waals surface area contributed by atoms with Gasteiger partial charge in [-0.05, 0) is 68.8 Å². The maximum atomic E-state index is 13.8. The highest BCUT2D eigenvalue weighted by Crippen LogP contribution is 2.43. The molecule has 0 spiro atoms. The first-order valence-electron chi connectivity index (χ1n) is 11.5. The second kappa shape index (κ2) is 9.23. The van der Waals surface area contributed by atoms with Gasteiger partial charge in [0.1, 0.15) is 5.58 Å². The molecular formula is C28H24BrNO5. The van der Waals surface area contributed by atoms with Gasteiger partial charge >= 0.3 is 0 Å². The molecule has 0 saturated carbocycles. The maximum Gasteiger partial charge on any atom is 0.295 e. The van der Waals surface area contributed by atoms with E-state index in [4.69, 9.17) is 13.9 Å². The fraction of sp³-hybridized carbons (Fsp3) is 0.214. The van der Waals surface area contributed by atoms with E-state index in [1.54, 1.807) is 17.0 Å². The van der Waals surface area contributed by atoms with Crippen molar-refractivity contribution in [2.75, 3.05) is 18.1 Å². The topological polar surface area (TPSA) is 69.0 Å². The smallest absolute Gasteiger partial charge is 0.295 e. The van der Waals surface area contributed by atoms with E-state index in [1.807, 2.05) is 69.3 Å². The average Bonchev–Trinajstić information content (AvgIpc) is 3.13. The van der Waals surface area contributed by atoms with Crippen LogP contribution in [-0.2, 0) is 0 Å². The lowest BCUT2D eigenvalue weighted by atomic mass is 9.97. The largest absolute Gasteiger partial charge is 0.490 e. The molecule has 2 heterocycles. The van der Waals surface area contributed by atoms with Crippen molar-refractivity contribution in [3.8, 4) is 11.5 Å². The standard InChI is InChI=1S/C28H24BrNO5/c1-4-33-22-12-10-17(14-23(22)34-5-2)25-24-26(31)20-13-16(3)9-11-21(20)35-27(24)28(32)30(25)19-8-6-7-18(29)15-19/h6-15,25H,4-5H2,1-3H3. The molecule has 0 saturated heterocycles. The van der Waals surface area contributed by atoms with Gasteiger partial charge < -0.3 is 13.9 Å². The first kappa shape index (κ1) is 23.2. The number of hydrogen-bond acceptors (Lipinski definition) is 5. The monoisotopic (exact) mass is 533 g/mol. The van der Waals surface area contributed by atoms with Crippen LogP contribution in [0.1, 0.15) is 47.1 Å². The van der Waals surface area contributed by atoms with Crippen LogP contribution in [0.5, 0.6) is 11.5 Å². The van der Waals surface area contributed by atoms with Gasteiger partial charge in [-0.2, -0.15) is 0 Å². The van der Waals surface area contributed by atoms with Gasteiger partial charge in [0.05, 0.1) is 30.2 Å². The van der Waals surface area contributed by atoms with E-state index in [0.29, 0.717) is 46.9 Å². The van der Waals surface area contributed by atoms with Crippen LogP contribution in [0.4, 0.5) is 5.69 Å². The van der Waals surface area contributed by atoms with Gasteiger partial charge in [-0.1, -0.05) is 39.7 Å². The lowest BCUT2D eigenvalue weighted by Crippen LogP contribution is -2.29. The third-order valence-corrected chi connectivity index (χ3v) is 6.49. The number of rotatable bonds is 6. The van der Waals surface area contributed by atoms with Crippen molar-refractivity contribution < 1.29 is 18.7 Å². The van der Waals surface area contributed by atoms with Crippen molar-refractivity contribution in [2.24, 2.45) is 0 Å². The van der Waals surface area contributed by atoms with Gasteiger partial charge in [-0.3, -0.25) is 14.5 Å². The van der Waals surface area contributed by atoms with Gasteiger partial charge in [0.15, 0.2) is 16.9 Å². The number of nitrogens with zero attached hydrogens (tertiary/aromatic N) is 1. The quantitative estimate of drug-likeness (QED) is 0.286. The van der Waals surface area contributed by atoms with E-state index in [-0.39, 0.29) is 17.1 Å². The van der Waals surface area contributed by atoms with E-state index in [2.05, 4.69) is 15.9 Å². The van der Waals surface area contributed by atoms with Gasteiger partial charge in [0.25, 0.3) is 5.91 Å². The van der Waals surface area contributed by atoms with Crippen LogP contribution < -0.4 is 19.8 Å². The summed E-state index contributed by atoms with van der Waals surface area (Å²) in [5.41, 5.74) is 2.81. The summed E-state index contributed by atoms with van der Waals surface area (Å²) < 4.78 is 18.5. The van der Waals surface area contributed by atoms with E-state index in [1.165, 1.54) is 0 Å². The summed E-state index contributed by atoms with van der Waals surface area (Å²) in [6.07, 6.45) is 0. The Kier molecular flexibility index (Phi) is 6.11. The third-order valence-electron chi connectivity index (χ3n) is 6.00. The Morgan fingerprint density at radius 1 is 0.943 bits per heavy atom. The molecule has 1 aromatic heterocycles. The number of aryl methyl sites for hydroxylation is 1. The van der Waals surface area contributed by atoms with Crippen LogP contribution in [0.2, 0.25) is 0 Å². The summed E-state index contributed by atoms with van der Waals surface area (Å²) in [6, 6.07) is 17.7. The Morgan fingerprint density at radius 3 is 2.46 bits per heavy atom. The molecule has 1 aliphatic rings. The predicted octanol–water partition coefficient (Wildman–Crippen LogP) is 6.41. The summed E-state index contributed by atoms with van der Waals surface area (Å²) in [7, 11) is 0. The number of ether oxygens (including phenoxy) is 2. The molecule has 1 unspecified atom stereocenters. The predicted molar refractivity (Wildman–Crippen MR) is 139 cm³/mol. The number of carbonyl (C=O) groups excluding carboxylic acids is 1. The molecule has 178 valence electrons. The summed E-state index contributed by atoms with van der Waals surface area (Å²) >= 11 is 3.50. The highest BCUT2D eigenvalue weighted by atomic mass is 79.9. The molecule has 0 bridgehead atoms. The van der Waals surface area contributed by atoms with Crippen LogP contribution in [0.25, 0.3) is 11.0 Å². The van der Waals surface area contributed by atoms with Crippen LogP contribution in [0, 0.1) is 6.92 Å².